The van der Waals surface area contributed by atoms with Crippen LogP contribution in [0.3, 0.4) is 0 Å². The maximum atomic E-state index is 13.7. The lowest BCUT2D eigenvalue weighted by Gasteiger charge is -2.38. The molecule has 0 amide bonds. The Morgan fingerprint density at radius 3 is 2.18 bits per heavy atom. The summed E-state index contributed by atoms with van der Waals surface area (Å²) >= 11 is 0. The minimum absolute atomic E-state index is 0.256. The number of anilines is 1. The average Bonchev–Trinajstić information content (AvgIpc) is 2.63. The molecular weight excluding hydrogens is 367 g/mol. The first-order valence-electron chi connectivity index (χ1n) is 9.23. The van der Waals surface area contributed by atoms with E-state index in [1.165, 1.54) is 24.3 Å². The molecule has 152 valence electrons. The van der Waals surface area contributed by atoms with Crippen LogP contribution in [0.25, 0.3) is 0 Å². The number of nitrogens with zero attached hydrogens (tertiary/aromatic N) is 1. The number of hydrogen-bond donors (Lipinski definition) is 1. The van der Waals surface area contributed by atoms with Crippen molar-refractivity contribution < 1.29 is 23.1 Å². The number of aliphatic hydroxyl groups excluding tert-OH is 1. The molecule has 0 radical (unpaired) electrons. The van der Waals surface area contributed by atoms with E-state index in [-0.39, 0.29) is 11.1 Å². The molecule has 2 aromatic rings. The first-order valence-corrected chi connectivity index (χ1v) is 9.23. The fraction of sp³-hybridized carbons (Fsp3) is 0.409. The van der Waals surface area contributed by atoms with Gasteiger partial charge in [0.2, 0.25) is 0 Å². The van der Waals surface area contributed by atoms with E-state index in [0.29, 0.717) is 12.2 Å². The topological polar surface area (TPSA) is 40.5 Å². The molecule has 0 aliphatic heterocycles. The average molecular weight is 393 g/mol. The van der Waals surface area contributed by atoms with Crippen LogP contribution in [0.15, 0.2) is 48.5 Å². The van der Waals surface area contributed by atoms with Crippen LogP contribution in [-0.2, 0) is 6.18 Å². The predicted molar refractivity (Wildman–Crippen MR) is 105 cm³/mol. The van der Waals surface area contributed by atoms with Crippen molar-refractivity contribution in [2.24, 2.45) is 0 Å². The van der Waals surface area contributed by atoms with Gasteiger partial charge in [-0.15, -0.1) is 0 Å². The lowest BCUT2D eigenvalue weighted by molar-refractivity contribution is -0.137. The highest BCUT2D eigenvalue weighted by Crippen LogP contribution is 2.37. The fourth-order valence-electron chi connectivity index (χ4n) is 3.16. The van der Waals surface area contributed by atoms with Gasteiger partial charge in [0.1, 0.15) is 6.10 Å². The van der Waals surface area contributed by atoms with Gasteiger partial charge < -0.3 is 10.0 Å². The maximum Gasteiger partial charge on any atom is 0.417 e. The number of halogens is 3. The van der Waals surface area contributed by atoms with E-state index in [1.807, 2.05) is 32.6 Å². The summed E-state index contributed by atoms with van der Waals surface area (Å²) in [4.78, 5) is 14.5. The summed E-state index contributed by atoms with van der Waals surface area (Å²) in [5.41, 5.74) is -1.29. The lowest BCUT2D eigenvalue weighted by atomic mass is 9.94. The Labute approximate surface area is 163 Å². The molecule has 28 heavy (non-hydrogen) atoms. The van der Waals surface area contributed by atoms with E-state index in [0.717, 1.165) is 12.5 Å². The number of alkyl halides is 3. The summed E-state index contributed by atoms with van der Waals surface area (Å²) in [6.45, 7) is 8.31. The van der Waals surface area contributed by atoms with Crippen molar-refractivity contribution in [1.82, 2.24) is 0 Å². The van der Waals surface area contributed by atoms with Gasteiger partial charge in [-0.1, -0.05) is 37.3 Å². The van der Waals surface area contributed by atoms with Crippen LogP contribution < -0.4 is 4.90 Å². The molecule has 0 spiro atoms. The number of aliphatic hydroxyl groups is 1. The summed E-state index contributed by atoms with van der Waals surface area (Å²) in [5.74, 6) is -0.970. The van der Waals surface area contributed by atoms with Gasteiger partial charge >= 0.3 is 6.18 Å². The molecule has 0 bridgehead atoms. The van der Waals surface area contributed by atoms with Gasteiger partial charge in [0.15, 0.2) is 5.78 Å². The van der Waals surface area contributed by atoms with E-state index in [2.05, 4.69) is 0 Å². The third-order valence-corrected chi connectivity index (χ3v) is 4.51. The Bertz CT molecular complexity index is 811. The second-order valence-corrected chi connectivity index (χ2v) is 7.73. The zero-order valence-electron chi connectivity index (χ0n) is 16.5. The number of rotatable bonds is 6. The molecule has 0 aromatic heterocycles. The van der Waals surface area contributed by atoms with Crippen molar-refractivity contribution in [2.45, 2.75) is 51.9 Å². The second kappa shape index (κ2) is 8.35. The zero-order valence-corrected chi connectivity index (χ0v) is 16.5. The molecular formula is C22H26F3NO2. The van der Waals surface area contributed by atoms with E-state index in [4.69, 9.17) is 0 Å². The van der Waals surface area contributed by atoms with Gasteiger partial charge in [0, 0.05) is 23.3 Å². The predicted octanol–water partition coefficient (Wildman–Crippen LogP) is 5.64. The van der Waals surface area contributed by atoms with Crippen LogP contribution in [-0.4, -0.2) is 23.0 Å². The molecule has 0 saturated heterocycles. The van der Waals surface area contributed by atoms with E-state index in [9.17, 15) is 23.1 Å². The fourth-order valence-corrected chi connectivity index (χ4v) is 3.16. The first kappa shape index (κ1) is 22.0. The lowest BCUT2D eigenvalue weighted by Crippen LogP contribution is -2.42. The van der Waals surface area contributed by atoms with E-state index >= 15 is 0 Å². The van der Waals surface area contributed by atoms with Gasteiger partial charge in [-0.25, -0.2) is 0 Å². The third kappa shape index (κ3) is 4.93. The summed E-state index contributed by atoms with van der Waals surface area (Å²) in [5, 5.41) is 10.3. The molecule has 0 saturated carbocycles. The van der Waals surface area contributed by atoms with Crippen LogP contribution >= 0.6 is 0 Å². The highest BCUT2D eigenvalue weighted by molar-refractivity contribution is 6.01. The number of ketones is 1. The molecule has 0 fully saturated rings. The Morgan fingerprint density at radius 2 is 1.68 bits per heavy atom. The summed E-state index contributed by atoms with van der Waals surface area (Å²) < 4.78 is 41.2. The van der Waals surface area contributed by atoms with Crippen molar-refractivity contribution >= 4 is 11.5 Å². The molecule has 3 nitrogen and oxygen atoms in total. The summed E-state index contributed by atoms with van der Waals surface area (Å²) in [6.07, 6.45) is -5.60. The van der Waals surface area contributed by atoms with Crippen molar-refractivity contribution in [3.05, 3.63) is 65.2 Å². The largest absolute Gasteiger partial charge is 0.417 e. The molecule has 1 unspecified atom stereocenters. The number of benzene rings is 2. The van der Waals surface area contributed by atoms with Crippen molar-refractivity contribution in [2.75, 3.05) is 11.4 Å². The molecule has 2 rings (SSSR count). The zero-order chi connectivity index (χ0) is 21.1. The molecule has 6 heteroatoms. The molecule has 0 heterocycles. The van der Waals surface area contributed by atoms with Crippen molar-refractivity contribution in [1.29, 1.82) is 0 Å². The van der Waals surface area contributed by atoms with Crippen LogP contribution in [0.2, 0.25) is 0 Å². The highest BCUT2D eigenvalue weighted by Gasteiger charge is 2.37. The van der Waals surface area contributed by atoms with E-state index in [1.54, 1.807) is 18.2 Å². The second-order valence-electron chi connectivity index (χ2n) is 7.73. The molecule has 2 aromatic carbocycles. The van der Waals surface area contributed by atoms with Crippen LogP contribution in [0, 0.1) is 0 Å². The third-order valence-electron chi connectivity index (χ3n) is 4.51. The minimum atomic E-state index is -4.72. The summed E-state index contributed by atoms with van der Waals surface area (Å²) in [7, 11) is 0. The Morgan fingerprint density at radius 1 is 1.07 bits per heavy atom. The van der Waals surface area contributed by atoms with Gasteiger partial charge in [0.25, 0.3) is 0 Å². The Hall–Kier alpha value is -2.34. The quantitative estimate of drug-likeness (QED) is 0.646. The molecule has 0 aliphatic rings. The van der Waals surface area contributed by atoms with Gasteiger partial charge in [0.05, 0.1) is 5.56 Å². The number of hydrogen-bond acceptors (Lipinski definition) is 3. The van der Waals surface area contributed by atoms with Gasteiger partial charge in [-0.3, -0.25) is 4.79 Å². The van der Waals surface area contributed by atoms with E-state index < -0.39 is 29.2 Å². The van der Waals surface area contributed by atoms with Crippen molar-refractivity contribution in [3.63, 3.8) is 0 Å². The molecule has 1 atom stereocenters. The van der Waals surface area contributed by atoms with Crippen LogP contribution in [0.1, 0.15) is 61.7 Å². The number of carbonyl (C=O) groups is 1. The molecule has 0 aliphatic carbocycles. The smallest absolute Gasteiger partial charge is 0.380 e. The summed E-state index contributed by atoms with van der Waals surface area (Å²) in [6, 6.07) is 11.6. The Balaban J connectivity index is 2.52. The van der Waals surface area contributed by atoms with Crippen LogP contribution in [0.4, 0.5) is 18.9 Å². The highest BCUT2D eigenvalue weighted by atomic mass is 19.4. The number of carbonyl (C=O) groups excluding carboxylic acids is 1. The number of Topliss-reactive ketones (excluding diaryl/α,β-unsaturated/α-hetero) is 1. The monoisotopic (exact) mass is 393 g/mol. The first-order chi connectivity index (χ1) is 13.0. The van der Waals surface area contributed by atoms with Crippen LogP contribution in [0.5, 0.6) is 0 Å². The maximum absolute atomic E-state index is 13.7. The standard InChI is InChI=1S/C22H26F3NO2/c1-5-13-26(21(2,3)4)16-11-12-17(18(14-16)22(23,24)25)20(28)19(27)15-9-7-6-8-10-15/h6-12,14,19,27H,5,13H2,1-4H3. The normalized spacial score (nSPS) is 13.3. The molecule has 1 N–H and O–H groups in total. The van der Waals surface area contributed by atoms with Gasteiger partial charge in [-0.05, 0) is 51.0 Å². The minimum Gasteiger partial charge on any atom is -0.380 e. The Kier molecular flexibility index (Phi) is 6.55. The van der Waals surface area contributed by atoms with Gasteiger partial charge in [-0.2, -0.15) is 13.2 Å². The van der Waals surface area contributed by atoms with Crippen molar-refractivity contribution in [3.8, 4) is 0 Å². The SMILES string of the molecule is CCCN(c1ccc(C(=O)C(O)c2ccccc2)c(C(F)(F)F)c1)C(C)(C)C.